The van der Waals surface area contributed by atoms with E-state index in [0.29, 0.717) is 18.1 Å². The summed E-state index contributed by atoms with van der Waals surface area (Å²) in [5, 5.41) is 3.16. The number of rotatable bonds is 7. The summed E-state index contributed by atoms with van der Waals surface area (Å²) in [7, 11) is 0. The first-order chi connectivity index (χ1) is 13.9. The smallest absolute Gasteiger partial charge is 0.311 e. The van der Waals surface area contributed by atoms with Crippen LogP contribution < -0.4 is 16.6 Å². The van der Waals surface area contributed by atoms with Crippen LogP contribution in [0.5, 0.6) is 0 Å². The predicted molar refractivity (Wildman–Crippen MR) is 112 cm³/mol. The molecule has 2 N–H and O–H groups in total. The Balaban J connectivity index is 1.71. The number of aromatic amines is 1. The van der Waals surface area contributed by atoms with Gasteiger partial charge in [-0.1, -0.05) is 42.1 Å². The molecule has 0 radical (unpaired) electrons. The maximum absolute atomic E-state index is 12.4. The van der Waals surface area contributed by atoms with E-state index < -0.39 is 11.2 Å². The average Bonchev–Trinajstić information content (AvgIpc) is 2.66. The number of hydrogen-bond acceptors (Lipinski definition) is 6. The van der Waals surface area contributed by atoms with Crippen molar-refractivity contribution >= 4 is 23.5 Å². The van der Waals surface area contributed by atoms with Gasteiger partial charge in [-0.25, -0.2) is 14.8 Å². The van der Waals surface area contributed by atoms with Crippen molar-refractivity contribution in [2.75, 3.05) is 11.1 Å². The number of nitrogens with zero attached hydrogens (tertiary/aromatic N) is 3. The summed E-state index contributed by atoms with van der Waals surface area (Å²) in [5.74, 6) is -0.124. The molecule has 0 atom stereocenters. The molecule has 0 saturated heterocycles. The summed E-state index contributed by atoms with van der Waals surface area (Å²) in [4.78, 5) is 47.2. The molecule has 1 aromatic carbocycles. The van der Waals surface area contributed by atoms with Crippen LogP contribution in [-0.4, -0.2) is 31.2 Å². The highest BCUT2D eigenvalue weighted by Crippen LogP contribution is 2.14. The quantitative estimate of drug-likeness (QED) is 0.454. The molecule has 0 spiro atoms. The molecule has 1 amide bonds. The lowest BCUT2D eigenvalue weighted by Gasteiger charge is -2.13. The van der Waals surface area contributed by atoms with Gasteiger partial charge >= 0.3 is 5.69 Å². The van der Waals surface area contributed by atoms with Gasteiger partial charge in [0.05, 0.1) is 5.75 Å². The van der Waals surface area contributed by atoms with Crippen molar-refractivity contribution in [2.45, 2.75) is 32.0 Å². The molecule has 2 aromatic heterocycles. The van der Waals surface area contributed by atoms with E-state index in [1.54, 1.807) is 0 Å². The van der Waals surface area contributed by atoms with E-state index in [1.165, 1.54) is 22.4 Å². The first-order valence-corrected chi connectivity index (χ1v) is 10.0. The number of carbonyl (C=O) groups is 1. The molecule has 29 heavy (non-hydrogen) atoms. The van der Waals surface area contributed by atoms with Gasteiger partial charge in [-0.05, 0) is 31.9 Å². The first-order valence-electron chi connectivity index (χ1n) is 9.04. The number of H-pyrrole nitrogens is 1. The highest BCUT2D eigenvalue weighted by Gasteiger charge is 2.11. The van der Waals surface area contributed by atoms with Crippen LogP contribution >= 0.6 is 11.8 Å². The largest absolute Gasteiger partial charge is 0.329 e. The van der Waals surface area contributed by atoms with Gasteiger partial charge in [0.15, 0.2) is 5.16 Å². The fourth-order valence-corrected chi connectivity index (χ4v) is 3.55. The Kier molecular flexibility index (Phi) is 6.61. The van der Waals surface area contributed by atoms with Crippen LogP contribution in [0.2, 0.25) is 0 Å². The minimum atomic E-state index is -0.563. The third kappa shape index (κ3) is 5.89. The summed E-state index contributed by atoms with van der Waals surface area (Å²) in [6.45, 7) is 4.05. The number of aryl methyl sites for hydroxylation is 3. The Hall–Kier alpha value is -3.20. The molecule has 2 heterocycles. The van der Waals surface area contributed by atoms with Gasteiger partial charge in [0.1, 0.15) is 5.82 Å². The monoisotopic (exact) mass is 411 g/mol. The van der Waals surface area contributed by atoms with Gasteiger partial charge in [-0.3, -0.25) is 19.1 Å². The van der Waals surface area contributed by atoms with E-state index in [1.807, 2.05) is 50.2 Å². The zero-order chi connectivity index (χ0) is 20.8. The molecule has 0 unspecified atom stereocenters. The van der Waals surface area contributed by atoms with Crippen LogP contribution in [0.4, 0.5) is 5.82 Å². The van der Waals surface area contributed by atoms with E-state index in [0.717, 1.165) is 17.0 Å². The van der Waals surface area contributed by atoms with Crippen molar-refractivity contribution in [3.63, 3.8) is 0 Å². The number of thioether (sulfide) groups is 1. The predicted octanol–water partition coefficient (Wildman–Crippen LogP) is 1.92. The number of carbonyl (C=O) groups excluding carboxylic acids is 1. The molecule has 0 aliphatic rings. The lowest BCUT2D eigenvalue weighted by molar-refractivity contribution is -0.113. The van der Waals surface area contributed by atoms with Crippen molar-refractivity contribution in [1.82, 2.24) is 19.5 Å². The van der Waals surface area contributed by atoms with Gasteiger partial charge < -0.3 is 5.32 Å². The van der Waals surface area contributed by atoms with E-state index in [-0.39, 0.29) is 17.5 Å². The van der Waals surface area contributed by atoms with E-state index >= 15 is 0 Å². The first kappa shape index (κ1) is 20.5. The third-order valence-electron chi connectivity index (χ3n) is 4.06. The molecule has 3 aromatic rings. The van der Waals surface area contributed by atoms with Gasteiger partial charge in [-0.2, -0.15) is 0 Å². The second-order valence-electron chi connectivity index (χ2n) is 6.48. The molecule has 0 fully saturated rings. The molecule has 0 saturated carbocycles. The van der Waals surface area contributed by atoms with Gasteiger partial charge in [0.2, 0.25) is 5.91 Å². The number of nitrogens with one attached hydrogen (secondary N) is 2. The molecule has 0 bridgehead atoms. The molecule has 0 aliphatic carbocycles. The molecule has 150 valence electrons. The molecule has 9 heteroatoms. The molecule has 3 rings (SSSR count). The van der Waals surface area contributed by atoms with Crippen LogP contribution in [0.15, 0.2) is 57.2 Å². The van der Waals surface area contributed by atoms with Crippen LogP contribution in [-0.2, 0) is 17.8 Å². The molecule has 8 nitrogen and oxygen atoms in total. The van der Waals surface area contributed by atoms with E-state index in [9.17, 15) is 14.4 Å². The summed E-state index contributed by atoms with van der Waals surface area (Å²) in [6.07, 6.45) is 0.584. The Bertz CT molecular complexity index is 1100. The second-order valence-corrected chi connectivity index (χ2v) is 7.42. The van der Waals surface area contributed by atoms with Crippen molar-refractivity contribution in [3.8, 4) is 0 Å². The van der Waals surface area contributed by atoms with E-state index in [4.69, 9.17) is 0 Å². The van der Waals surface area contributed by atoms with Crippen molar-refractivity contribution in [1.29, 1.82) is 0 Å². The second kappa shape index (κ2) is 9.33. The minimum absolute atomic E-state index is 0.0581. The average molecular weight is 411 g/mol. The van der Waals surface area contributed by atoms with Crippen molar-refractivity contribution in [2.24, 2.45) is 0 Å². The van der Waals surface area contributed by atoms with Crippen LogP contribution in [0.3, 0.4) is 0 Å². The minimum Gasteiger partial charge on any atom is -0.311 e. The topological polar surface area (TPSA) is 110 Å². The standard InChI is InChI=1S/C20H21N5O3S/c1-13-10-14(2)22-19(21-13)29-12-18(27)23-16-11-17(26)24-20(28)25(16)9-8-15-6-4-3-5-7-15/h3-7,10-11H,8-9,12H2,1-2H3,(H,23,27)(H,24,26,28). The molecular weight excluding hydrogens is 390 g/mol. The van der Waals surface area contributed by atoms with Crippen molar-refractivity contribution < 1.29 is 4.79 Å². The molecular formula is C20H21N5O3S. The van der Waals surface area contributed by atoms with Gasteiger partial charge in [0, 0.05) is 24.0 Å². The Morgan fingerprint density at radius 2 is 1.79 bits per heavy atom. The normalized spacial score (nSPS) is 10.7. The van der Waals surface area contributed by atoms with E-state index in [2.05, 4.69) is 20.3 Å². The van der Waals surface area contributed by atoms with Crippen LogP contribution in [0, 0.1) is 13.8 Å². The maximum Gasteiger partial charge on any atom is 0.329 e. The summed E-state index contributed by atoms with van der Waals surface area (Å²) >= 11 is 1.19. The number of anilines is 1. The number of benzene rings is 1. The highest BCUT2D eigenvalue weighted by molar-refractivity contribution is 7.99. The zero-order valence-corrected chi connectivity index (χ0v) is 17.0. The third-order valence-corrected chi connectivity index (χ3v) is 4.91. The fourth-order valence-electron chi connectivity index (χ4n) is 2.80. The summed E-state index contributed by atoms with van der Waals surface area (Å²) < 4.78 is 1.35. The Labute approximate surface area is 171 Å². The van der Waals surface area contributed by atoms with Gasteiger partial charge in [-0.15, -0.1) is 0 Å². The summed E-state index contributed by atoms with van der Waals surface area (Å²) in [6, 6.07) is 12.7. The number of aromatic nitrogens is 4. The van der Waals surface area contributed by atoms with Crippen molar-refractivity contribution in [3.05, 3.63) is 80.3 Å². The SMILES string of the molecule is Cc1cc(C)nc(SCC(=O)Nc2cc(=O)[nH]c(=O)n2CCc2ccccc2)n1. The van der Waals surface area contributed by atoms with Crippen LogP contribution in [0.1, 0.15) is 17.0 Å². The number of amides is 1. The maximum atomic E-state index is 12.4. The highest BCUT2D eigenvalue weighted by atomic mass is 32.2. The van der Waals surface area contributed by atoms with Gasteiger partial charge in [0.25, 0.3) is 5.56 Å². The zero-order valence-electron chi connectivity index (χ0n) is 16.1. The number of hydrogen-bond donors (Lipinski definition) is 2. The fraction of sp³-hybridized carbons (Fsp3) is 0.250. The summed E-state index contributed by atoms with van der Waals surface area (Å²) in [5.41, 5.74) is 1.57. The molecule has 0 aliphatic heterocycles. The van der Waals surface area contributed by atoms with Crippen LogP contribution in [0.25, 0.3) is 0 Å². The Morgan fingerprint density at radius 3 is 2.48 bits per heavy atom. The lowest BCUT2D eigenvalue weighted by atomic mass is 10.1. The lowest BCUT2D eigenvalue weighted by Crippen LogP contribution is -2.33. The Morgan fingerprint density at radius 1 is 1.10 bits per heavy atom.